The Labute approximate surface area is 137 Å². The van der Waals surface area contributed by atoms with Crippen molar-refractivity contribution in [1.29, 1.82) is 0 Å². The third kappa shape index (κ3) is 2.97. The van der Waals surface area contributed by atoms with Gasteiger partial charge in [-0.1, -0.05) is 37.1 Å². The molecule has 4 heteroatoms. The van der Waals surface area contributed by atoms with Gasteiger partial charge in [0.2, 0.25) is 6.79 Å². The second-order valence-electron chi connectivity index (χ2n) is 7.01. The number of benzene rings is 1. The fourth-order valence-electron chi connectivity index (χ4n) is 3.16. The van der Waals surface area contributed by atoms with Crippen LogP contribution in [0.4, 0.5) is 0 Å². The number of hydrogen-bond acceptors (Lipinski definition) is 3. The standard InChI is InChI=1S/C18H23ClO3/c1-11(2)5-13-14(18(13,3)4)9-20-8-12-6-16-17(7-15(12)19)22-10-21-16/h5-7,13-14H,8-10H2,1-4H3/t13-,14-/m0/s1. The maximum absolute atomic E-state index is 6.27. The Morgan fingerprint density at radius 1 is 1.32 bits per heavy atom. The number of fused-ring (bicyclic) bond motifs is 1. The molecule has 0 saturated heterocycles. The van der Waals surface area contributed by atoms with E-state index in [-0.39, 0.29) is 6.79 Å². The van der Waals surface area contributed by atoms with Crippen LogP contribution in [-0.4, -0.2) is 13.4 Å². The van der Waals surface area contributed by atoms with E-state index in [2.05, 4.69) is 33.8 Å². The van der Waals surface area contributed by atoms with Crippen LogP contribution in [0.25, 0.3) is 0 Å². The molecule has 3 rings (SSSR count). The predicted molar refractivity (Wildman–Crippen MR) is 87.4 cm³/mol. The third-order valence-electron chi connectivity index (χ3n) is 4.75. The lowest BCUT2D eigenvalue weighted by atomic mass is 10.1. The second-order valence-corrected chi connectivity index (χ2v) is 7.42. The van der Waals surface area contributed by atoms with E-state index in [0.717, 1.165) is 17.9 Å². The van der Waals surface area contributed by atoms with E-state index in [1.54, 1.807) is 6.07 Å². The Kier molecular flexibility index (Phi) is 4.13. The highest BCUT2D eigenvalue weighted by Gasteiger charge is 2.55. The van der Waals surface area contributed by atoms with Gasteiger partial charge in [-0.2, -0.15) is 0 Å². The van der Waals surface area contributed by atoms with E-state index in [1.165, 1.54) is 5.57 Å². The first kappa shape index (κ1) is 15.7. The summed E-state index contributed by atoms with van der Waals surface area (Å²) in [6, 6.07) is 3.71. The topological polar surface area (TPSA) is 27.7 Å². The summed E-state index contributed by atoms with van der Waals surface area (Å²) in [5.74, 6) is 2.65. The summed E-state index contributed by atoms with van der Waals surface area (Å²) in [6.07, 6.45) is 2.36. The Hall–Kier alpha value is -1.19. The minimum atomic E-state index is 0.261. The lowest BCUT2D eigenvalue weighted by Gasteiger charge is -2.08. The van der Waals surface area contributed by atoms with Crippen molar-refractivity contribution in [2.75, 3.05) is 13.4 Å². The Morgan fingerprint density at radius 2 is 2.00 bits per heavy atom. The lowest BCUT2D eigenvalue weighted by molar-refractivity contribution is 0.102. The van der Waals surface area contributed by atoms with Crippen LogP contribution in [0, 0.1) is 17.3 Å². The molecule has 0 N–H and O–H groups in total. The van der Waals surface area contributed by atoms with Gasteiger partial charge in [0, 0.05) is 11.6 Å². The van der Waals surface area contributed by atoms with E-state index >= 15 is 0 Å². The van der Waals surface area contributed by atoms with E-state index in [1.807, 2.05) is 6.07 Å². The number of ether oxygens (including phenoxy) is 3. The van der Waals surface area contributed by atoms with Gasteiger partial charge in [0.1, 0.15) is 0 Å². The monoisotopic (exact) mass is 322 g/mol. The van der Waals surface area contributed by atoms with E-state index < -0.39 is 0 Å². The SMILES string of the molecule is CC(C)=C[C@H]1[C@H](COCc2cc3c(cc2Cl)OCO3)C1(C)C. The number of hydrogen-bond donors (Lipinski definition) is 0. The van der Waals surface area contributed by atoms with Crippen LogP contribution in [0.15, 0.2) is 23.8 Å². The number of halogens is 1. The number of rotatable bonds is 5. The average molecular weight is 323 g/mol. The van der Waals surface area contributed by atoms with Gasteiger partial charge >= 0.3 is 0 Å². The molecular weight excluding hydrogens is 300 g/mol. The summed E-state index contributed by atoms with van der Waals surface area (Å²) < 4.78 is 16.6. The van der Waals surface area contributed by atoms with Crippen molar-refractivity contribution in [1.82, 2.24) is 0 Å². The van der Waals surface area contributed by atoms with Crippen molar-refractivity contribution in [2.45, 2.75) is 34.3 Å². The van der Waals surface area contributed by atoms with Crippen molar-refractivity contribution in [3.63, 3.8) is 0 Å². The Balaban J connectivity index is 1.57. The van der Waals surface area contributed by atoms with Crippen molar-refractivity contribution in [2.24, 2.45) is 17.3 Å². The molecule has 1 aromatic carbocycles. The summed E-state index contributed by atoms with van der Waals surface area (Å²) in [5.41, 5.74) is 2.65. The summed E-state index contributed by atoms with van der Waals surface area (Å²) in [7, 11) is 0. The molecule has 1 aliphatic heterocycles. The minimum absolute atomic E-state index is 0.261. The predicted octanol–water partition coefficient (Wildman–Crippen LogP) is 4.82. The second kappa shape index (κ2) is 5.78. The highest BCUT2D eigenvalue weighted by molar-refractivity contribution is 6.31. The molecule has 0 aromatic heterocycles. The zero-order valence-electron chi connectivity index (χ0n) is 13.6. The Morgan fingerprint density at radius 3 is 2.68 bits per heavy atom. The van der Waals surface area contributed by atoms with E-state index in [9.17, 15) is 0 Å². The largest absolute Gasteiger partial charge is 0.454 e. The van der Waals surface area contributed by atoms with Crippen LogP contribution >= 0.6 is 11.6 Å². The van der Waals surface area contributed by atoms with Gasteiger partial charge in [-0.15, -0.1) is 0 Å². The maximum atomic E-state index is 6.27. The lowest BCUT2D eigenvalue weighted by Crippen LogP contribution is -2.02. The van der Waals surface area contributed by atoms with Crippen LogP contribution in [0.3, 0.4) is 0 Å². The van der Waals surface area contributed by atoms with Crippen LogP contribution < -0.4 is 9.47 Å². The average Bonchev–Trinajstić information content (AvgIpc) is 2.78. The first-order chi connectivity index (χ1) is 10.4. The van der Waals surface area contributed by atoms with Gasteiger partial charge in [-0.05, 0) is 37.2 Å². The molecule has 1 aliphatic carbocycles. The van der Waals surface area contributed by atoms with Gasteiger partial charge in [0.05, 0.1) is 18.2 Å². The fourth-order valence-corrected chi connectivity index (χ4v) is 3.37. The molecular formula is C18H23ClO3. The normalized spacial score (nSPS) is 24.2. The van der Waals surface area contributed by atoms with Crippen molar-refractivity contribution < 1.29 is 14.2 Å². The molecule has 0 amide bonds. The maximum Gasteiger partial charge on any atom is 0.231 e. The fraction of sp³-hybridized carbons (Fsp3) is 0.556. The first-order valence-electron chi connectivity index (χ1n) is 7.70. The van der Waals surface area contributed by atoms with Gasteiger partial charge < -0.3 is 14.2 Å². The summed E-state index contributed by atoms with van der Waals surface area (Å²) >= 11 is 6.27. The highest BCUT2D eigenvalue weighted by atomic mass is 35.5. The van der Waals surface area contributed by atoms with Gasteiger partial charge in [-0.25, -0.2) is 0 Å². The van der Waals surface area contributed by atoms with Gasteiger partial charge in [0.25, 0.3) is 0 Å². The molecule has 2 aliphatic rings. The van der Waals surface area contributed by atoms with E-state index in [0.29, 0.717) is 34.6 Å². The molecule has 0 spiro atoms. The molecule has 2 atom stereocenters. The minimum Gasteiger partial charge on any atom is -0.454 e. The first-order valence-corrected chi connectivity index (χ1v) is 8.08. The zero-order chi connectivity index (χ0) is 15.9. The van der Waals surface area contributed by atoms with Gasteiger partial charge in [-0.3, -0.25) is 0 Å². The molecule has 1 heterocycles. The summed E-state index contributed by atoms with van der Waals surface area (Å²) in [6.45, 7) is 10.4. The molecule has 1 saturated carbocycles. The molecule has 120 valence electrons. The highest BCUT2D eigenvalue weighted by Crippen LogP contribution is 2.59. The molecule has 0 bridgehead atoms. The molecule has 0 unspecified atom stereocenters. The van der Waals surface area contributed by atoms with E-state index in [4.69, 9.17) is 25.8 Å². The zero-order valence-corrected chi connectivity index (χ0v) is 14.4. The van der Waals surface area contributed by atoms with Gasteiger partial charge in [0.15, 0.2) is 11.5 Å². The van der Waals surface area contributed by atoms with Crippen molar-refractivity contribution >= 4 is 11.6 Å². The summed E-state index contributed by atoms with van der Waals surface area (Å²) in [5, 5.41) is 0.667. The molecule has 22 heavy (non-hydrogen) atoms. The van der Waals surface area contributed by atoms with Crippen molar-refractivity contribution in [3.8, 4) is 11.5 Å². The molecule has 0 radical (unpaired) electrons. The Bertz CT molecular complexity index is 603. The van der Waals surface area contributed by atoms with Crippen LogP contribution in [-0.2, 0) is 11.3 Å². The number of allylic oxidation sites excluding steroid dienone is 2. The molecule has 1 fully saturated rings. The van der Waals surface area contributed by atoms with Crippen molar-refractivity contribution in [3.05, 3.63) is 34.4 Å². The third-order valence-corrected chi connectivity index (χ3v) is 5.10. The smallest absolute Gasteiger partial charge is 0.231 e. The van der Waals surface area contributed by atoms with Crippen LogP contribution in [0.5, 0.6) is 11.5 Å². The molecule has 1 aromatic rings. The van der Waals surface area contributed by atoms with Crippen LogP contribution in [0.2, 0.25) is 5.02 Å². The summed E-state index contributed by atoms with van der Waals surface area (Å²) in [4.78, 5) is 0. The van der Waals surface area contributed by atoms with Crippen LogP contribution in [0.1, 0.15) is 33.3 Å². The quantitative estimate of drug-likeness (QED) is 0.727. The molecule has 3 nitrogen and oxygen atoms in total.